The van der Waals surface area contributed by atoms with E-state index >= 15 is 0 Å². The molecule has 0 aliphatic rings. The maximum absolute atomic E-state index is 9.86. The lowest BCUT2D eigenvalue weighted by Crippen LogP contribution is -1.81. The molecule has 58 valence electrons. The van der Waals surface area contributed by atoms with Gasteiger partial charge in [0.05, 0.1) is 0 Å². The lowest BCUT2D eigenvalue weighted by molar-refractivity contribution is 0.468. The summed E-state index contributed by atoms with van der Waals surface area (Å²) in [5.74, 6) is 0.104. The Morgan fingerprint density at radius 2 is 2.27 bits per heavy atom. The van der Waals surface area contributed by atoms with Gasteiger partial charge in [-0.3, -0.25) is 0 Å². The second kappa shape index (κ2) is 3.48. The third kappa shape index (κ3) is 2.01. The molecule has 0 aliphatic heterocycles. The molecule has 1 aromatic rings. The van der Waals surface area contributed by atoms with E-state index in [4.69, 9.17) is 5.11 Å². The average molecular weight is 216 g/mol. The molecule has 0 aliphatic carbocycles. The molecule has 4 heteroatoms. The molecular weight excluding hydrogens is 210 g/mol. The Morgan fingerprint density at radius 3 is 2.91 bits per heavy atom. The molecule has 1 aromatic carbocycles. The summed E-state index contributed by atoms with van der Waals surface area (Å²) in [4.78, 5) is 9.86. The fourth-order valence-electron chi connectivity index (χ4n) is 0.750. The highest BCUT2D eigenvalue weighted by molar-refractivity contribution is 9.10. The van der Waals surface area contributed by atoms with Crippen LogP contribution in [0, 0.1) is 4.91 Å². The fourth-order valence-corrected chi connectivity index (χ4v) is 1.16. The fraction of sp³-hybridized carbons (Fsp3) is 0.143. The monoisotopic (exact) mass is 215 g/mol. The molecule has 0 saturated carbocycles. The summed E-state index contributed by atoms with van der Waals surface area (Å²) in [5, 5.41) is 11.8. The highest BCUT2D eigenvalue weighted by Crippen LogP contribution is 2.22. The first-order valence-electron chi connectivity index (χ1n) is 3.00. The number of hydrogen-bond donors (Lipinski definition) is 1. The van der Waals surface area contributed by atoms with Gasteiger partial charge in [-0.2, -0.15) is 4.91 Å². The summed E-state index contributed by atoms with van der Waals surface area (Å²) in [5.41, 5.74) is 0.536. The van der Waals surface area contributed by atoms with E-state index in [9.17, 15) is 4.91 Å². The van der Waals surface area contributed by atoms with E-state index in [-0.39, 0.29) is 12.3 Å². The minimum atomic E-state index is 0.00523. The van der Waals surface area contributed by atoms with E-state index in [0.29, 0.717) is 5.56 Å². The highest BCUT2D eigenvalue weighted by atomic mass is 79.9. The van der Waals surface area contributed by atoms with Crippen molar-refractivity contribution in [1.82, 2.24) is 0 Å². The Morgan fingerprint density at radius 1 is 1.55 bits per heavy atom. The van der Waals surface area contributed by atoms with E-state index in [0.717, 1.165) is 4.47 Å². The van der Waals surface area contributed by atoms with E-state index in [1.54, 1.807) is 12.1 Å². The number of aromatic hydroxyl groups is 1. The van der Waals surface area contributed by atoms with Crippen molar-refractivity contribution in [2.75, 3.05) is 0 Å². The first kappa shape index (κ1) is 8.20. The largest absolute Gasteiger partial charge is 0.508 e. The summed E-state index contributed by atoms with van der Waals surface area (Å²) < 4.78 is 0.828. The van der Waals surface area contributed by atoms with Gasteiger partial charge in [0, 0.05) is 10.0 Å². The lowest BCUT2D eigenvalue weighted by Gasteiger charge is -1.98. The van der Waals surface area contributed by atoms with Crippen molar-refractivity contribution in [2.45, 2.75) is 6.54 Å². The minimum Gasteiger partial charge on any atom is -0.508 e. The number of halogens is 1. The van der Waals surface area contributed by atoms with Crippen LogP contribution in [0.3, 0.4) is 0 Å². The van der Waals surface area contributed by atoms with E-state index < -0.39 is 0 Å². The Labute approximate surface area is 72.2 Å². The van der Waals surface area contributed by atoms with Crippen LogP contribution >= 0.6 is 15.9 Å². The van der Waals surface area contributed by atoms with Crippen molar-refractivity contribution in [3.63, 3.8) is 0 Å². The summed E-state index contributed by atoms with van der Waals surface area (Å²) in [6, 6.07) is 4.88. The molecule has 0 saturated heterocycles. The normalized spacial score (nSPS) is 9.55. The van der Waals surface area contributed by atoms with Gasteiger partial charge < -0.3 is 5.11 Å². The number of nitrogens with zero attached hydrogens (tertiary/aromatic N) is 1. The first-order chi connectivity index (χ1) is 5.24. The second-order valence-electron chi connectivity index (χ2n) is 2.06. The summed E-state index contributed by atoms with van der Waals surface area (Å²) in [6.45, 7) is 0.00523. The summed E-state index contributed by atoms with van der Waals surface area (Å²) in [7, 11) is 0. The van der Waals surface area contributed by atoms with Gasteiger partial charge in [-0.05, 0) is 18.2 Å². The van der Waals surface area contributed by atoms with Gasteiger partial charge in [-0.25, -0.2) is 0 Å². The topological polar surface area (TPSA) is 49.7 Å². The van der Waals surface area contributed by atoms with Gasteiger partial charge in [0.1, 0.15) is 12.3 Å². The van der Waals surface area contributed by atoms with Crippen LogP contribution in [0.2, 0.25) is 0 Å². The van der Waals surface area contributed by atoms with Crippen LogP contribution in [0.4, 0.5) is 0 Å². The van der Waals surface area contributed by atoms with Crippen LogP contribution in [0.25, 0.3) is 0 Å². The average Bonchev–Trinajstić information content (AvgIpc) is 1.98. The molecule has 0 heterocycles. The van der Waals surface area contributed by atoms with Crippen molar-refractivity contribution in [2.24, 2.45) is 5.18 Å². The van der Waals surface area contributed by atoms with Crippen LogP contribution in [0.5, 0.6) is 5.75 Å². The molecule has 0 bridgehead atoms. The molecule has 0 unspecified atom stereocenters. The summed E-state index contributed by atoms with van der Waals surface area (Å²) >= 11 is 3.21. The molecule has 0 fully saturated rings. The maximum Gasteiger partial charge on any atom is 0.120 e. The van der Waals surface area contributed by atoms with Gasteiger partial charge in [0.15, 0.2) is 0 Å². The molecule has 0 aromatic heterocycles. The third-order valence-electron chi connectivity index (χ3n) is 1.28. The molecule has 0 spiro atoms. The Balaban J connectivity index is 3.01. The van der Waals surface area contributed by atoms with Crippen LogP contribution < -0.4 is 0 Å². The lowest BCUT2D eigenvalue weighted by atomic mass is 10.2. The molecular formula is C7H6BrNO2. The minimum absolute atomic E-state index is 0.00523. The van der Waals surface area contributed by atoms with Crippen molar-refractivity contribution in [3.8, 4) is 5.75 Å². The Kier molecular flexibility index (Phi) is 2.59. The van der Waals surface area contributed by atoms with Crippen LogP contribution in [-0.2, 0) is 6.54 Å². The van der Waals surface area contributed by atoms with Crippen LogP contribution in [0.15, 0.2) is 27.8 Å². The smallest absolute Gasteiger partial charge is 0.120 e. The molecule has 0 amide bonds. The van der Waals surface area contributed by atoms with E-state index in [1.807, 2.05) is 0 Å². The number of phenolic OH excluding ortho intramolecular Hbond substituents is 1. The SMILES string of the molecule is O=NCc1cc(Br)ccc1O. The number of nitroso groups, excluding NO2 is 1. The van der Waals surface area contributed by atoms with Gasteiger partial charge in [-0.1, -0.05) is 21.1 Å². The third-order valence-corrected chi connectivity index (χ3v) is 1.77. The highest BCUT2D eigenvalue weighted by Gasteiger charge is 2.00. The number of phenols is 1. The zero-order valence-electron chi connectivity index (χ0n) is 5.62. The number of hydrogen-bond acceptors (Lipinski definition) is 3. The number of benzene rings is 1. The predicted molar refractivity (Wildman–Crippen MR) is 45.3 cm³/mol. The molecule has 0 radical (unpaired) electrons. The zero-order chi connectivity index (χ0) is 8.27. The standard InChI is InChI=1S/C7H6BrNO2/c8-6-1-2-7(10)5(3-6)4-9-11/h1-3,10H,4H2. The van der Waals surface area contributed by atoms with E-state index in [2.05, 4.69) is 21.1 Å². The van der Waals surface area contributed by atoms with Gasteiger partial charge in [0.25, 0.3) is 0 Å². The van der Waals surface area contributed by atoms with Crippen LogP contribution in [0.1, 0.15) is 5.56 Å². The first-order valence-corrected chi connectivity index (χ1v) is 3.80. The molecule has 1 rings (SSSR count). The second-order valence-corrected chi connectivity index (χ2v) is 2.98. The van der Waals surface area contributed by atoms with Crippen molar-refractivity contribution >= 4 is 15.9 Å². The van der Waals surface area contributed by atoms with Crippen molar-refractivity contribution < 1.29 is 5.11 Å². The van der Waals surface area contributed by atoms with Crippen molar-refractivity contribution in [3.05, 3.63) is 33.1 Å². The molecule has 1 N–H and O–H groups in total. The number of rotatable bonds is 2. The molecule has 0 atom stereocenters. The van der Waals surface area contributed by atoms with Gasteiger partial charge in [-0.15, -0.1) is 0 Å². The van der Waals surface area contributed by atoms with E-state index in [1.165, 1.54) is 6.07 Å². The van der Waals surface area contributed by atoms with Crippen LogP contribution in [-0.4, -0.2) is 5.11 Å². The summed E-state index contributed by atoms with van der Waals surface area (Å²) in [6.07, 6.45) is 0. The molecule has 3 nitrogen and oxygen atoms in total. The molecule has 11 heavy (non-hydrogen) atoms. The van der Waals surface area contributed by atoms with Crippen molar-refractivity contribution in [1.29, 1.82) is 0 Å². The predicted octanol–water partition coefficient (Wildman–Crippen LogP) is 2.42. The Bertz CT molecular complexity index is 275. The Hall–Kier alpha value is -0.900. The zero-order valence-corrected chi connectivity index (χ0v) is 7.21. The maximum atomic E-state index is 9.86. The quantitative estimate of drug-likeness (QED) is 0.771. The van der Waals surface area contributed by atoms with Gasteiger partial charge >= 0.3 is 0 Å². The van der Waals surface area contributed by atoms with Gasteiger partial charge in [0.2, 0.25) is 0 Å².